The van der Waals surface area contributed by atoms with Crippen LogP contribution in [0.15, 0.2) is 83.8 Å². The van der Waals surface area contributed by atoms with Crippen LogP contribution < -0.4 is 15.2 Å². The second kappa shape index (κ2) is 8.69. The molecule has 7 heteroatoms. The number of anilines is 1. The first kappa shape index (κ1) is 19.6. The molecule has 3 aromatic carbocycles. The maximum atomic E-state index is 12.6. The van der Waals surface area contributed by atoms with Crippen LogP contribution in [-0.4, -0.2) is 20.9 Å². The van der Waals surface area contributed by atoms with Crippen LogP contribution in [0.3, 0.4) is 0 Å². The molecule has 0 heterocycles. The Morgan fingerprint density at radius 2 is 1.54 bits per heavy atom. The zero-order chi connectivity index (χ0) is 20.0. The number of nitrogens with one attached hydrogen (secondary N) is 1. The molecule has 0 radical (unpaired) electrons. The van der Waals surface area contributed by atoms with E-state index in [0.717, 1.165) is 12.0 Å². The van der Waals surface area contributed by atoms with E-state index >= 15 is 0 Å². The van der Waals surface area contributed by atoms with E-state index in [-0.39, 0.29) is 10.8 Å². The highest BCUT2D eigenvalue weighted by Crippen LogP contribution is 2.21. The molecule has 0 unspecified atom stereocenters. The van der Waals surface area contributed by atoms with E-state index in [4.69, 9.17) is 9.88 Å². The lowest BCUT2D eigenvalue weighted by Crippen LogP contribution is -2.15. The number of hydrogen-bond acceptors (Lipinski definition) is 4. The molecule has 0 aliphatic heterocycles. The van der Waals surface area contributed by atoms with Crippen LogP contribution in [0.1, 0.15) is 15.9 Å². The first-order valence-electron chi connectivity index (χ1n) is 8.63. The van der Waals surface area contributed by atoms with E-state index in [9.17, 15) is 13.2 Å². The molecule has 0 spiro atoms. The molecule has 0 aliphatic rings. The second-order valence-electron chi connectivity index (χ2n) is 6.10. The Balaban J connectivity index is 1.67. The Labute approximate surface area is 164 Å². The Morgan fingerprint density at radius 3 is 2.21 bits per heavy atom. The molecule has 3 N–H and O–H groups in total. The average molecular weight is 396 g/mol. The van der Waals surface area contributed by atoms with Gasteiger partial charge in [0.05, 0.1) is 17.1 Å². The SMILES string of the molecule is NS(=O)(=O)c1ccc(NC(=O)c2ccccc2OCCc2ccccc2)cc1. The van der Waals surface area contributed by atoms with Gasteiger partial charge >= 0.3 is 0 Å². The first-order valence-corrected chi connectivity index (χ1v) is 10.2. The molecule has 0 aliphatic carbocycles. The lowest BCUT2D eigenvalue weighted by atomic mass is 10.1. The smallest absolute Gasteiger partial charge is 0.259 e. The van der Waals surface area contributed by atoms with Crippen molar-refractivity contribution in [1.29, 1.82) is 0 Å². The van der Waals surface area contributed by atoms with Crippen LogP contribution >= 0.6 is 0 Å². The van der Waals surface area contributed by atoms with Crippen LogP contribution in [0.4, 0.5) is 5.69 Å². The Bertz CT molecular complexity index is 1050. The maximum absolute atomic E-state index is 12.6. The monoisotopic (exact) mass is 396 g/mol. The molecule has 0 saturated heterocycles. The van der Waals surface area contributed by atoms with Crippen molar-refractivity contribution < 1.29 is 17.9 Å². The summed E-state index contributed by atoms with van der Waals surface area (Å²) in [5.74, 6) is 0.135. The second-order valence-corrected chi connectivity index (χ2v) is 7.67. The fourth-order valence-corrected chi connectivity index (χ4v) is 3.15. The van der Waals surface area contributed by atoms with Gasteiger partial charge in [-0.15, -0.1) is 0 Å². The van der Waals surface area contributed by atoms with Crippen molar-refractivity contribution in [3.8, 4) is 5.75 Å². The minimum absolute atomic E-state index is 0.0184. The zero-order valence-electron chi connectivity index (χ0n) is 15.0. The van der Waals surface area contributed by atoms with Crippen LogP contribution in [0.2, 0.25) is 0 Å². The summed E-state index contributed by atoms with van der Waals surface area (Å²) in [6.07, 6.45) is 0.728. The van der Waals surface area contributed by atoms with Crippen molar-refractivity contribution in [3.63, 3.8) is 0 Å². The van der Waals surface area contributed by atoms with Crippen molar-refractivity contribution in [2.45, 2.75) is 11.3 Å². The number of amides is 1. The van der Waals surface area contributed by atoms with Gasteiger partial charge in [-0.2, -0.15) is 0 Å². The van der Waals surface area contributed by atoms with Gasteiger partial charge in [-0.3, -0.25) is 4.79 Å². The van der Waals surface area contributed by atoms with Gasteiger partial charge in [-0.25, -0.2) is 13.6 Å². The molecule has 0 saturated carbocycles. The normalized spacial score (nSPS) is 11.0. The molecule has 0 atom stereocenters. The van der Waals surface area contributed by atoms with Gasteiger partial charge in [0.2, 0.25) is 10.0 Å². The molecule has 28 heavy (non-hydrogen) atoms. The molecule has 144 valence electrons. The fourth-order valence-electron chi connectivity index (χ4n) is 2.63. The molecule has 1 amide bonds. The lowest BCUT2D eigenvalue weighted by Gasteiger charge is -2.12. The number of rotatable bonds is 7. The van der Waals surface area contributed by atoms with E-state index < -0.39 is 10.0 Å². The Morgan fingerprint density at radius 1 is 0.893 bits per heavy atom. The summed E-state index contributed by atoms with van der Waals surface area (Å²) in [5, 5.41) is 7.81. The van der Waals surface area contributed by atoms with E-state index in [1.54, 1.807) is 24.3 Å². The number of sulfonamides is 1. The highest BCUT2D eigenvalue weighted by Gasteiger charge is 2.13. The largest absolute Gasteiger partial charge is 0.492 e. The molecule has 6 nitrogen and oxygen atoms in total. The summed E-state index contributed by atoms with van der Waals surface area (Å²) in [5.41, 5.74) is 2.00. The summed E-state index contributed by atoms with van der Waals surface area (Å²) in [6.45, 7) is 0.442. The topological polar surface area (TPSA) is 98.5 Å². The fraction of sp³-hybridized carbons (Fsp3) is 0.0952. The van der Waals surface area contributed by atoms with Gasteiger partial charge in [0, 0.05) is 12.1 Å². The van der Waals surface area contributed by atoms with Crippen molar-refractivity contribution in [2.75, 3.05) is 11.9 Å². The number of primary sulfonamides is 1. The summed E-state index contributed by atoms with van der Waals surface area (Å²) < 4.78 is 28.4. The quantitative estimate of drug-likeness (QED) is 0.641. The van der Waals surface area contributed by atoms with E-state index in [1.807, 2.05) is 30.3 Å². The Hall–Kier alpha value is -3.16. The summed E-state index contributed by atoms with van der Waals surface area (Å²) in [6, 6.07) is 22.6. The van der Waals surface area contributed by atoms with Crippen molar-refractivity contribution in [3.05, 3.63) is 90.0 Å². The maximum Gasteiger partial charge on any atom is 0.259 e. The molecule has 3 rings (SSSR count). The standard InChI is InChI=1S/C21H20N2O4S/c22-28(25,26)18-12-10-17(11-13-18)23-21(24)19-8-4-5-9-20(19)27-15-14-16-6-2-1-3-7-16/h1-13H,14-15H2,(H,23,24)(H2,22,25,26). The van der Waals surface area contributed by atoms with E-state index in [1.165, 1.54) is 24.3 Å². The van der Waals surface area contributed by atoms with Crippen molar-refractivity contribution >= 4 is 21.6 Å². The average Bonchev–Trinajstić information content (AvgIpc) is 2.69. The zero-order valence-corrected chi connectivity index (χ0v) is 15.9. The van der Waals surface area contributed by atoms with Crippen LogP contribution in [0, 0.1) is 0 Å². The Kier molecular flexibility index (Phi) is 6.08. The number of nitrogens with two attached hydrogens (primary N) is 1. The minimum Gasteiger partial charge on any atom is -0.492 e. The van der Waals surface area contributed by atoms with Crippen molar-refractivity contribution in [1.82, 2.24) is 0 Å². The highest BCUT2D eigenvalue weighted by atomic mass is 32.2. The van der Waals surface area contributed by atoms with Gasteiger partial charge < -0.3 is 10.1 Å². The third kappa shape index (κ3) is 5.18. The molecule has 3 aromatic rings. The van der Waals surface area contributed by atoms with Gasteiger partial charge in [-0.1, -0.05) is 42.5 Å². The van der Waals surface area contributed by atoms with Crippen LogP contribution in [0.25, 0.3) is 0 Å². The third-order valence-corrected chi connectivity index (χ3v) is 4.99. The number of ether oxygens (including phenoxy) is 1. The van der Waals surface area contributed by atoms with Gasteiger partial charge in [0.1, 0.15) is 5.75 Å². The minimum atomic E-state index is -3.77. The van der Waals surface area contributed by atoms with Gasteiger partial charge in [0.15, 0.2) is 0 Å². The predicted octanol–water partition coefficient (Wildman–Crippen LogP) is 3.21. The summed E-state index contributed by atoms with van der Waals surface area (Å²) in [4.78, 5) is 12.6. The summed E-state index contributed by atoms with van der Waals surface area (Å²) >= 11 is 0. The molecular weight excluding hydrogens is 376 g/mol. The van der Waals surface area contributed by atoms with Crippen LogP contribution in [0.5, 0.6) is 5.75 Å². The number of hydrogen-bond donors (Lipinski definition) is 2. The number of para-hydroxylation sites is 1. The van der Waals surface area contributed by atoms with Gasteiger partial charge in [-0.05, 0) is 42.0 Å². The van der Waals surface area contributed by atoms with Gasteiger partial charge in [0.25, 0.3) is 5.91 Å². The lowest BCUT2D eigenvalue weighted by molar-refractivity contribution is 0.102. The highest BCUT2D eigenvalue weighted by molar-refractivity contribution is 7.89. The van der Waals surface area contributed by atoms with E-state index in [0.29, 0.717) is 23.6 Å². The van der Waals surface area contributed by atoms with Crippen LogP contribution in [-0.2, 0) is 16.4 Å². The predicted molar refractivity (Wildman–Crippen MR) is 108 cm³/mol. The molecular formula is C21H20N2O4S. The van der Waals surface area contributed by atoms with E-state index in [2.05, 4.69) is 5.32 Å². The van der Waals surface area contributed by atoms with Crippen molar-refractivity contribution in [2.24, 2.45) is 5.14 Å². The third-order valence-electron chi connectivity index (χ3n) is 4.06. The molecule has 0 bridgehead atoms. The number of benzene rings is 3. The first-order chi connectivity index (χ1) is 13.4. The molecule has 0 fully saturated rings. The molecule has 0 aromatic heterocycles. The number of carbonyl (C=O) groups excluding carboxylic acids is 1. The summed E-state index contributed by atoms with van der Waals surface area (Å²) in [7, 11) is -3.77. The number of carbonyl (C=O) groups is 1.